The summed E-state index contributed by atoms with van der Waals surface area (Å²) in [6.45, 7) is 11.0. The van der Waals surface area contributed by atoms with Gasteiger partial charge in [0.25, 0.3) is 0 Å². The molecule has 0 atom stereocenters. The molecule has 0 aromatic rings. The number of rotatable bonds is 17. The first kappa shape index (κ1) is 25.9. The van der Waals surface area contributed by atoms with E-state index in [0.29, 0.717) is 12.2 Å². The molecule has 1 nitrogen and oxygen atoms in total. The first-order valence-corrected chi connectivity index (χ1v) is 11.4. The molecule has 0 bridgehead atoms. The van der Waals surface area contributed by atoms with Gasteiger partial charge >= 0.3 is 0 Å². The van der Waals surface area contributed by atoms with Crippen LogP contribution < -0.4 is 0 Å². The Kier molecular flexibility index (Phi) is 17.5. The summed E-state index contributed by atoms with van der Waals surface area (Å²) in [5.74, 6) is 0.411. The number of Topliss-reactive ketones (excluding diaryl/α,β-unsaturated/α-hetero) is 1. The van der Waals surface area contributed by atoms with Gasteiger partial charge in [0.15, 0.2) is 0 Å². The van der Waals surface area contributed by atoms with Crippen molar-refractivity contribution in [2.75, 3.05) is 0 Å². The molecular formula is C26H46O. The monoisotopic (exact) mass is 374 g/mol. The Morgan fingerprint density at radius 2 is 1.15 bits per heavy atom. The summed E-state index contributed by atoms with van der Waals surface area (Å²) in [6, 6.07) is 0. The van der Waals surface area contributed by atoms with Crippen molar-refractivity contribution in [3.63, 3.8) is 0 Å². The van der Waals surface area contributed by atoms with E-state index in [2.05, 4.69) is 52.8 Å². The van der Waals surface area contributed by atoms with Crippen LogP contribution in [0.5, 0.6) is 0 Å². The van der Waals surface area contributed by atoms with Crippen LogP contribution in [0.25, 0.3) is 0 Å². The van der Waals surface area contributed by atoms with Gasteiger partial charge < -0.3 is 0 Å². The summed E-state index contributed by atoms with van der Waals surface area (Å²) in [7, 11) is 0. The van der Waals surface area contributed by atoms with Gasteiger partial charge in [-0.3, -0.25) is 4.79 Å². The maximum absolute atomic E-state index is 12.0. The van der Waals surface area contributed by atoms with Crippen LogP contribution in [-0.2, 0) is 4.79 Å². The maximum atomic E-state index is 12.0. The third-order valence-electron chi connectivity index (χ3n) is 5.11. The van der Waals surface area contributed by atoms with Crippen LogP contribution in [0.15, 0.2) is 34.9 Å². The molecule has 0 rings (SSSR count). The second-order valence-corrected chi connectivity index (χ2v) is 8.43. The number of hydrogen-bond acceptors (Lipinski definition) is 1. The zero-order valence-corrected chi connectivity index (χ0v) is 19.0. The van der Waals surface area contributed by atoms with Gasteiger partial charge in [-0.05, 0) is 59.8 Å². The van der Waals surface area contributed by atoms with Crippen LogP contribution in [0.4, 0.5) is 0 Å². The number of ketones is 1. The van der Waals surface area contributed by atoms with E-state index in [1.54, 1.807) is 0 Å². The molecule has 0 aliphatic rings. The molecule has 0 fully saturated rings. The molecule has 27 heavy (non-hydrogen) atoms. The molecule has 1 heteroatoms. The van der Waals surface area contributed by atoms with Crippen LogP contribution in [-0.4, -0.2) is 5.78 Å². The number of carbonyl (C=O) groups excluding carboxylic acids is 1. The second kappa shape index (κ2) is 18.3. The van der Waals surface area contributed by atoms with Gasteiger partial charge in [-0.25, -0.2) is 0 Å². The number of allylic oxidation sites excluding steroid dienone is 6. The van der Waals surface area contributed by atoms with Gasteiger partial charge in [-0.15, -0.1) is 0 Å². The molecule has 0 aliphatic carbocycles. The quantitative estimate of drug-likeness (QED) is 0.183. The minimum absolute atomic E-state index is 0.411. The Balaban J connectivity index is 3.75. The number of hydrogen-bond donors (Lipinski definition) is 0. The molecule has 0 aromatic heterocycles. The Hall–Kier alpha value is -1.11. The molecule has 0 radical (unpaired) electrons. The molecule has 0 spiro atoms. The van der Waals surface area contributed by atoms with Crippen molar-refractivity contribution >= 4 is 5.78 Å². The number of carbonyl (C=O) groups is 1. The van der Waals surface area contributed by atoms with E-state index in [-0.39, 0.29) is 0 Å². The lowest BCUT2D eigenvalue weighted by Gasteiger charge is -2.03. The van der Waals surface area contributed by atoms with E-state index in [1.165, 1.54) is 61.7 Å². The first-order valence-electron chi connectivity index (χ1n) is 11.4. The zero-order chi connectivity index (χ0) is 20.3. The van der Waals surface area contributed by atoms with Crippen LogP contribution in [0, 0.1) is 0 Å². The predicted octanol–water partition coefficient (Wildman–Crippen LogP) is 8.90. The van der Waals surface area contributed by atoms with E-state index < -0.39 is 0 Å². The fourth-order valence-corrected chi connectivity index (χ4v) is 3.19. The summed E-state index contributed by atoms with van der Waals surface area (Å²) in [4.78, 5) is 12.0. The summed E-state index contributed by atoms with van der Waals surface area (Å²) < 4.78 is 0. The molecular weight excluding hydrogens is 328 g/mol. The largest absolute Gasteiger partial charge is 0.299 e. The van der Waals surface area contributed by atoms with Crippen LogP contribution in [0.1, 0.15) is 125 Å². The molecule has 0 saturated heterocycles. The molecule has 0 aromatic carbocycles. The van der Waals surface area contributed by atoms with E-state index in [4.69, 9.17) is 0 Å². The van der Waals surface area contributed by atoms with E-state index in [9.17, 15) is 4.79 Å². The third kappa shape index (κ3) is 19.5. The highest BCUT2D eigenvalue weighted by molar-refractivity contribution is 5.79. The van der Waals surface area contributed by atoms with Gasteiger partial charge in [0.2, 0.25) is 0 Å². The lowest BCUT2D eigenvalue weighted by molar-refractivity contribution is -0.118. The topological polar surface area (TPSA) is 17.1 Å². The fourth-order valence-electron chi connectivity index (χ4n) is 3.19. The summed E-state index contributed by atoms with van der Waals surface area (Å²) in [6.07, 6.45) is 23.0. The van der Waals surface area contributed by atoms with Gasteiger partial charge in [0.05, 0.1) is 0 Å². The highest BCUT2D eigenvalue weighted by Crippen LogP contribution is 2.13. The molecule has 0 heterocycles. The average molecular weight is 375 g/mol. The van der Waals surface area contributed by atoms with Gasteiger partial charge in [0.1, 0.15) is 5.78 Å². The van der Waals surface area contributed by atoms with Crippen LogP contribution in [0.3, 0.4) is 0 Å². The zero-order valence-electron chi connectivity index (χ0n) is 19.0. The van der Waals surface area contributed by atoms with Gasteiger partial charge in [-0.1, -0.05) is 86.8 Å². The minimum Gasteiger partial charge on any atom is -0.299 e. The highest BCUT2D eigenvalue weighted by atomic mass is 16.1. The molecule has 0 unspecified atom stereocenters. The third-order valence-corrected chi connectivity index (χ3v) is 5.11. The van der Waals surface area contributed by atoms with Crippen molar-refractivity contribution in [2.45, 2.75) is 125 Å². The fraction of sp³-hybridized carbons (Fsp3) is 0.731. The highest BCUT2D eigenvalue weighted by Gasteiger charge is 2.00. The van der Waals surface area contributed by atoms with E-state index in [1.807, 2.05) is 0 Å². The predicted molar refractivity (Wildman–Crippen MR) is 122 cm³/mol. The summed E-state index contributed by atoms with van der Waals surface area (Å²) >= 11 is 0. The summed E-state index contributed by atoms with van der Waals surface area (Å²) in [5.41, 5.74) is 4.23. The lowest BCUT2D eigenvalue weighted by Crippen LogP contribution is -1.96. The van der Waals surface area contributed by atoms with Crippen molar-refractivity contribution in [1.29, 1.82) is 0 Å². The van der Waals surface area contributed by atoms with Crippen molar-refractivity contribution < 1.29 is 4.79 Å². The van der Waals surface area contributed by atoms with Crippen LogP contribution >= 0.6 is 0 Å². The average Bonchev–Trinajstić information content (AvgIpc) is 2.62. The Morgan fingerprint density at radius 3 is 1.74 bits per heavy atom. The van der Waals surface area contributed by atoms with Crippen molar-refractivity contribution in [2.24, 2.45) is 0 Å². The first-order chi connectivity index (χ1) is 13.0. The minimum atomic E-state index is 0.411. The Labute approximate surface area is 170 Å². The molecule has 0 N–H and O–H groups in total. The van der Waals surface area contributed by atoms with E-state index >= 15 is 0 Å². The molecule has 0 aliphatic heterocycles. The molecule has 0 amide bonds. The SMILES string of the molecule is CCCCCCCCCCC(=O)CC=C(C)CCC=C(C)CCC=C(C)C. The van der Waals surface area contributed by atoms with Crippen molar-refractivity contribution in [3.05, 3.63) is 34.9 Å². The van der Waals surface area contributed by atoms with Crippen molar-refractivity contribution in [3.8, 4) is 0 Å². The Morgan fingerprint density at radius 1 is 0.630 bits per heavy atom. The normalized spacial score (nSPS) is 12.3. The Bertz CT molecular complexity index is 461. The van der Waals surface area contributed by atoms with Gasteiger partial charge in [0, 0.05) is 12.8 Å². The van der Waals surface area contributed by atoms with Gasteiger partial charge in [-0.2, -0.15) is 0 Å². The lowest BCUT2D eigenvalue weighted by atomic mass is 10.0. The number of unbranched alkanes of at least 4 members (excludes halogenated alkanes) is 7. The van der Waals surface area contributed by atoms with E-state index in [0.717, 1.165) is 38.5 Å². The van der Waals surface area contributed by atoms with Crippen LogP contribution in [0.2, 0.25) is 0 Å². The smallest absolute Gasteiger partial charge is 0.136 e. The second-order valence-electron chi connectivity index (χ2n) is 8.43. The molecule has 156 valence electrons. The molecule has 0 saturated carbocycles. The summed E-state index contributed by atoms with van der Waals surface area (Å²) in [5, 5.41) is 0. The maximum Gasteiger partial charge on any atom is 0.136 e. The van der Waals surface area contributed by atoms with Crippen molar-refractivity contribution in [1.82, 2.24) is 0 Å². The standard InChI is InChI=1S/C26H46O/c1-6-7-8-9-10-11-12-13-20-26(27)22-21-25(5)19-15-18-24(4)17-14-16-23(2)3/h16,18,21H,6-15,17,19-20,22H2,1-5H3.